The number of carbonyl (C=O) groups excluding carboxylic acids is 2. The molecular weight excluding hydrogens is 444 g/mol. The van der Waals surface area contributed by atoms with Crippen LogP contribution in [-0.4, -0.2) is 42.8 Å². The van der Waals surface area contributed by atoms with Crippen molar-refractivity contribution >= 4 is 18.0 Å². The van der Waals surface area contributed by atoms with Crippen LogP contribution in [0.3, 0.4) is 0 Å². The molecule has 0 spiro atoms. The Morgan fingerprint density at radius 3 is 2.23 bits per heavy atom. The minimum atomic E-state index is -0.777. The predicted octanol–water partition coefficient (Wildman–Crippen LogP) is 4.17. The number of carboxylic acid groups (broad SMARTS) is 1. The molecular formula is C28H32N2O5. The van der Waals surface area contributed by atoms with Crippen molar-refractivity contribution in [2.24, 2.45) is 23.7 Å². The number of carboxylic acids is 1. The zero-order chi connectivity index (χ0) is 24.4. The van der Waals surface area contributed by atoms with Gasteiger partial charge in [0, 0.05) is 24.9 Å². The monoisotopic (exact) mass is 476 g/mol. The zero-order valence-corrected chi connectivity index (χ0v) is 19.7. The number of hydrogen-bond acceptors (Lipinski definition) is 4. The lowest BCUT2D eigenvalue weighted by atomic mass is 9.81. The van der Waals surface area contributed by atoms with Gasteiger partial charge in [-0.15, -0.1) is 0 Å². The van der Waals surface area contributed by atoms with E-state index in [2.05, 4.69) is 34.9 Å². The number of nitrogens with one attached hydrogen (secondary N) is 2. The van der Waals surface area contributed by atoms with Crippen LogP contribution in [0, 0.1) is 23.7 Å². The minimum Gasteiger partial charge on any atom is -0.481 e. The summed E-state index contributed by atoms with van der Waals surface area (Å²) in [6.45, 7) is 1.22. The van der Waals surface area contributed by atoms with Crippen molar-refractivity contribution < 1.29 is 24.2 Å². The molecule has 35 heavy (non-hydrogen) atoms. The first-order valence-corrected chi connectivity index (χ1v) is 12.6. The second kappa shape index (κ2) is 10.1. The number of ether oxygens (including phenoxy) is 1. The van der Waals surface area contributed by atoms with Crippen LogP contribution in [0.25, 0.3) is 11.1 Å². The second-order valence-electron chi connectivity index (χ2n) is 10.1. The van der Waals surface area contributed by atoms with Crippen molar-refractivity contribution in [3.05, 3.63) is 59.7 Å². The number of fused-ring (bicyclic) bond motifs is 3. The lowest BCUT2D eigenvalue weighted by molar-refractivity contribution is -0.139. The largest absolute Gasteiger partial charge is 0.481 e. The van der Waals surface area contributed by atoms with Gasteiger partial charge in [0.15, 0.2) is 0 Å². The number of amides is 2. The van der Waals surface area contributed by atoms with Crippen LogP contribution in [0.5, 0.6) is 0 Å². The summed E-state index contributed by atoms with van der Waals surface area (Å²) in [6.07, 6.45) is 3.69. The smallest absolute Gasteiger partial charge is 0.407 e. The van der Waals surface area contributed by atoms with Crippen LogP contribution in [-0.2, 0) is 14.3 Å². The Balaban J connectivity index is 1.07. The van der Waals surface area contributed by atoms with Gasteiger partial charge in [-0.2, -0.15) is 0 Å². The van der Waals surface area contributed by atoms with Gasteiger partial charge in [0.05, 0.1) is 5.92 Å². The molecule has 0 radical (unpaired) electrons. The molecule has 4 atom stereocenters. The summed E-state index contributed by atoms with van der Waals surface area (Å²) in [4.78, 5) is 36.0. The highest BCUT2D eigenvalue weighted by atomic mass is 16.5. The topological polar surface area (TPSA) is 105 Å². The van der Waals surface area contributed by atoms with Crippen molar-refractivity contribution in [2.75, 3.05) is 19.7 Å². The van der Waals surface area contributed by atoms with E-state index >= 15 is 0 Å². The quantitative estimate of drug-likeness (QED) is 0.531. The van der Waals surface area contributed by atoms with Crippen LogP contribution >= 0.6 is 0 Å². The number of rotatable bonds is 8. The number of carbonyl (C=O) groups is 3. The van der Waals surface area contributed by atoms with E-state index in [-0.39, 0.29) is 42.1 Å². The first-order chi connectivity index (χ1) is 17.0. The van der Waals surface area contributed by atoms with Crippen molar-refractivity contribution in [2.45, 2.75) is 38.0 Å². The SMILES string of the molecule is O=C(NCC1CCCC(C(=O)NCC2CC2C(=O)O)C1)OCC1c2ccccc2-c2ccccc21. The van der Waals surface area contributed by atoms with Crippen LogP contribution in [0.2, 0.25) is 0 Å². The fourth-order valence-corrected chi connectivity index (χ4v) is 5.74. The Kier molecular flexibility index (Phi) is 6.75. The Hall–Kier alpha value is -3.35. The summed E-state index contributed by atoms with van der Waals surface area (Å²) >= 11 is 0. The second-order valence-corrected chi connectivity index (χ2v) is 10.1. The van der Waals surface area contributed by atoms with E-state index in [0.29, 0.717) is 19.5 Å². The van der Waals surface area contributed by atoms with Gasteiger partial charge >= 0.3 is 12.1 Å². The molecule has 2 amide bonds. The molecule has 2 fully saturated rings. The van der Waals surface area contributed by atoms with Gasteiger partial charge < -0.3 is 20.5 Å². The number of alkyl carbamates (subject to hydrolysis) is 1. The van der Waals surface area contributed by atoms with Gasteiger partial charge in [-0.3, -0.25) is 9.59 Å². The van der Waals surface area contributed by atoms with E-state index in [9.17, 15) is 14.4 Å². The van der Waals surface area contributed by atoms with Crippen LogP contribution in [0.1, 0.15) is 49.1 Å². The fourth-order valence-electron chi connectivity index (χ4n) is 5.74. The summed E-state index contributed by atoms with van der Waals surface area (Å²) in [5.41, 5.74) is 4.76. The molecule has 0 heterocycles. The zero-order valence-electron chi connectivity index (χ0n) is 19.7. The molecule has 0 bridgehead atoms. The van der Waals surface area contributed by atoms with Gasteiger partial charge in [-0.05, 0) is 59.8 Å². The van der Waals surface area contributed by atoms with Crippen molar-refractivity contribution in [1.82, 2.24) is 10.6 Å². The van der Waals surface area contributed by atoms with Crippen LogP contribution in [0.4, 0.5) is 4.79 Å². The van der Waals surface area contributed by atoms with Crippen molar-refractivity contribution in [1.29, 1.82) is 0 Å². The first kappa shape index (κ1) is 23.4. The summed E-state index contributed by atoms with van der Waals surface area (Å²) in [7, 11) is 0. The van der Waals surface area contributed by atoms with Crippen LogP contribution < -0.4 is 10.6 Å². The highest BCUT2D eigenvalue weighted by Gasteiger charge is 2.43. The number of hydrogen-bond donors (Lipinski definition) is 3. The number of aliphatic carboxylic acids is 1. The molecule has 7 heteroatoms. The van der Waals surface area contributed by atoms with Gasteiger partial charge in [-0.1, -0.05) is 55.0 Å². The molecule has 0 aromatic heterocycles. The highest BCUT2D eigenvalue weighted by molar-refractivity contribution is 5.80. The molecule has 0 saturated heterocycles. The molecule has 3 N–H and O–H groups in total. The van der Waals surface area contributed by atoms with Gasteiger partial charge in [0.1, 0.15) is 6.61 Å². The van der Waals surface area contributed by atoms with Crippen molar-refractivity contribution in [3.8, 4) is 11.1 Å². The number of benzene rings is 2. The standard InChI is InChI=1S/C28H32N2O5/c31-26(29-15-19-13-24(19)27(32)33)18-7-5-6-17(12-18)14-30-28(34)35-16-25-22-10-3-1-8-20(22)21-9-2-4-11-23(21)25/h1-4,8-11,17-19,24-25H,5-7,12-16H2,(H,29,31)(H,30,34)(H,32,33). The van der Waals surface area contributed by atoms with Gasteiger partial charge in [-0.25, -0.2) is 4.79 Å². The lowest BCUT2D eigenvalue weighted by Gasteiger charge is -2.28. The Bertz CT molecular complexity index is 1070. The molecule has 4 unspecified atom stereocenters. The van der Waals surface area contributed by atoms with Crippen molar-refractivity contribution in [3.63, 3.8) is 0 Å². The average molecular weight is 477 g/mol. The lowest BCUT2D eigenvalue weighted by Crippen LogP contribution is -2.38. The molecule has 2 aromatic rings. The van der Waals surface area contributed by atoms with E-state index < -0.39 is 12.1 Å². The molecule has 2 saturated carbocycles. The molecule has 184 valence electrons. The van der Waals surface area contributed by atoms with E-state index in [1.807, 2.05) is 24.3 Å². The summed E-state index contributed by atoms with van der Waals surface area (Å²) < 4.78 is 5.63. The van der Waals surface area contributed by atoms with E-state index in [1.165, 1.54) is 22.3 Å². The van der Waals surface area contributed by atoms with E-state index in [1.54, 1.807) is 0 Å². The molecule has 5 rings (SSSR count). The average Bonchev–Trinajstić information content (AvgIpc) is 3.60. The molecule has 3 aliphatic carbocycles. The van der Waals surface area contributed by atoms with E-state index in [4.69, 9.17) is 9.84 Å². The predicted molar refractivity (Wildman–Crippen MR) is 131 cm³/mol. The normalized spacial score (nSPS) is 24.7. The Morgan fingerprint density at radius 1 is 0.886 bits per heavy atom. The first-order valence-electron chi connectivity index (χ1n) is 12.6. The third-order valence-corrected chi connectivity index (χ3v) is 7.81. The summed E-state index contributed by atoms with van der Waals surface area (Å²) in [5.74, 6) is -0.842. The molecule has 2 aromatic carbocycles. The van der Waals surface area contributed by atoms with Gasteiger partial charge in [0.25, 0.3) is 0 Å². The minimum absolute atomic E-state index is 0.00637. The summed E-state index contributed by atoms with van der Waals surface area (Å²) in [6, 6.07) is 16.5. The van der Waals surface area contributed by atoms with Gasteiger partial charge in [0.2, 0.25) is 5.91 Å². The summed E-state index contributed by atoms with van der Waals surface area (Å²) in [5, 5.41) is 14.8. The maximum absolute atomic E-state index is 12.6. The highest BCUT2D eigenvalue weighted by Crippen LogP contribution is 2.44. The maximum Gasteiger partial charge on any atom is 0.407 e. The molecule has 7 nitrogen and oxygen atoms in total. The molecule has 3 aliphatic rings. The van der Waals surface area contributed by atoms with E-state index in [0.717, 1.165) is 25.7 Å². The maximum atomic E-state index is 12.6. The van der Waals surface area contributed by atoms with Crippen LogP contribution in [0.15, 0.2) is 48.5 Å². The third kappa shape index (κ3) is 5.19. The molecule has 0 aliphatic heterocycles. The fraction of sp³-hybridized carbons (Fsp3) is 0.464. The third-order valence-electron chi connectivity index (χ3n) is 7.81. The Labute approximate surface area is 205 Å². The Morgan fingerprint density at radius 2 is 1.57 bits per heavy atom.